The van der Waals surface area contributed by atoms with Gasteiger partial charge < -0.3 is 18.9 Å². The van der Waals surface area contributed by atoms with Gasteiger partial charge in [-0.3, -0.25) is 29.8 Å². The summed E-state index contributed by atoms with van der Waals surface area (Å²) in [7, 11) is -4.43. The molecule has 2 N–H and O–H groups in total. The number of hydrogen-bond donors (Lipinski definition) is 2. The molecule has 0 radical (unpaired) electrons. The number of sulfone groups is 1. The first-order chi connectivity index (χ1) is 13.4. The van der Waals surface area contributed by atoms with E-state index in [1.807, 2.05) is 10.6 Å². The van der Waals surface area contributed by atoms with Crippen molar-refractivity contribution >= 4 is 45.8 Å². The highest BCUT2D eigenvalue weighted by atomic mass is 32.2. The molecule has 4 atom stereocenters. The van der Waals surface area contributed by atoms with E-state index in [0.717, 1.165) is 13.8 Å². The summed E-state index contributed by atoms with van der Waals surface area (Å²) in [5.41, 5.74) is -3.73. The highest BCUT2D eigenvalue weighted by molar-refractivity contribution is 7.92. The van der Waals surface area contributed by atoms with Gasteiger partial charge in [-0.1, -0.05) is 0 Å². The number of nitrogens with one attached hydrogen (secondary N) is 2. The van der Waals surface area contributed by atoms with Crippen LogP contribution in [0.5, 0.6) is 0 Å². The number of hydrogen-bond acceptors (Lipinski definition) is 12. The second kappa shape index (κ2) is 8.42. The average molecular weight is 436 g/mol. The Kier molecular flexibility index (Phi) is 6.41. The summed E-state index contributed by atoms with van der Waals surface area (Å²) in [6, 6.07) is 0. The molecule has 4 amide bonds. The van der Waals surface area contributed by atoms with E-state index in [9.17, 15) is 37.2 Å². The second-order valence-electron chi connectivity index (χ2n) is 5.91. The van der Waals surface area contributed by atoms with Gasteiger partial charge in [-0.15, -0.1) is 0 Å². The Bertz CT molecular complexity index is 802. The number of imide groups is 2. The van der Waals surface area contributed by atoms with Crippen molar-refractivity contribution in [3.63, 3.8) is 0 Å². The molecule has 15 heteroatoms. The van der Waals surface area contributed by atoms with E-state index in [1.54, 1.807) is 0 Å². The van der Waals surface area contributed by atoms with Crippen LogP contribution >= 0.6 is 0 Å². The third kappa shape index (κ3) is 5.40. The van der Waals surface area contributed by atoms with Crippen LogP contribution in [0.4, 0.5) is 9.59 Å². The molecular formula is C14H16N2O12S. The fraction of sp³-hybridized carbons (Fsp3) is 0.571. The predicted octanol–water partition coefficient (Wildman–Crippen LogP) is -1.77. The number of carbonyl (C=O) groups is 6. The first-order valence-electron chi connectivity index (χ1n) is 8.04. The zero-order valence-electron chi connectivity index (χ0n) is 15.0. The minimum atomic E-state index is -4.43. The molecule has 4 unspecified atom stereocenters. The van der Waals surface area contributed by atoms with Crippen LogP contribution in [0.2, 0.25) is 0 Å². The lowest BCUT2D eigenvalue weighted by Crippen LogP contribution is -2.37. The van der Waals surface area contributed by atoms with E-state index in [-0.39, 0.29) is 0 Å². The molecule has 0 saturated carbocycles. The predicted molar refractivity (Wildman–Crippen MR) is 86.1 cm³/mol. The van der Waals surface area contributed by atoms with Crippen molar-refractivity contribution in [1.29, 1.82) is 0 Å². The molecule has 0 aromatic heterocycles. The molecule has 29 heavy (non-hydrogen) atoms. The zero-order valence-corrected chi connectivity index (χ0v) is 15.8. The van der Waals surface area contributed by atoms with Gasteiger partial charge in [0.25, 0.3) is 11.8 Å². The summed E-state index contributed by atoms with van der Waals surface area (Å²) >= 11 is 0. The van der Waals surface area contributed by atoms with Gasteiger partial charge in [-0.05, 0) is 13.8 Å². The van der Waals surface area contributed by atoms with E-state index in [0.29, 0.717) is 0 Å². The molecule has 2 aliphatic heterocycles. The third-order valence-electron chi connectivity index (χ3n) is 3.78. The molecule has 14 nitrogen and oxygen atoms in total. The summed E-state index contributed by atoms with van der Waals surface area (Å²) < 4.78 is 42.8. The van der Waals surface area contributed by atoms with Gasteiger partial charge in [0, 0.05) is 0 Å². The summed E-state index contributed by atoms with van der Waals surface area (Å²) in [6.07, 6.45) is -6.84. The van der Waals surface area contributed by atoms with Crippen LogP contribution in [-0.4, -0.2) is 67.4 Å². The molecule has 160 valence electrons. The van der Waals surface area contributed by atoms with Crippen molar-refractivity contribution in [2.24, 2.45) is 0 Å². The van der Waals surface area contributed by atoms with Crippen molar-refractivity contribution in [3.05, 3.63) is 0 Å². The second-order valence-corrected chi connectivity index (χ2v) is 8.41. The standard InChI is InChI=1S/C14H16N2O12S/c1-5(25-13(21)27-7-3-9(17)15-11(7)19)29(23,24)6(2)26-14(22)28-8-4-10(18)16-12(8)20/h5-8H,3-4H2,1-2H3,(H,15,17,19)(H,16,18,20). The molecule has 2 fully saturated rings. The van der Waals surface area contributed by atoms with Gasteiger partial charge >= 0.3 is 12.3 Å². The molecule has 0 bridgehead atoms. The van der Waals surface area contributed by atoms with Crippen molar-refractivity contribution in [3.8, 4) is 0 Å². The lowest BCUT2D eigenvalue weighted by molar-refractivity contribution is -0.129. The Hall–Kier alpha value is -3.23. The van der Waals surface area contributed by atoms with Gasteiger partial charge in [0.15, 0.2) is 12.2 Å². The van der Waals surface area contributed by atoms with Gasteiger partial charge in [0.2, 0.25) is 32.5 Å². The first-order valence-corrected chi connectivity index (χ1v) is 9.65. The van der Waals surface area contributed by atoms with Crippen LogP contribution < -0.4 is 10.6 Å². The zero-order chi connectivity index (χ0) is 21.9. The van der Waals surface area contributed by atoms with E-state index < -0.39 is 81.7 Å². The van der Waals surface area contributed by atoms with Crippen LogP contribution in [-0.2, 0) is 48.0 Å². The van der Waals surface area contributed by atoms with Gasteiger partial charge in [0.05, 0.1) is 12.8 Å². The maximum absolute atomic E-state index is 12.3. The summed E-state index contributed by atoms with van der Waals surface area (Å²) in [4.78, 5) is 67.9. The largest absolute Gasteiger partial charge is 0.510 e. The average Bonchev–Trinajstić information content (AvgIpc) is 3.07. The maximum atomic E-state index is 12.3. The highest BCUT2D eigenvalue weighted by Crippen LogP contribution is 2.16. The lowest BCUT2D eigenvalue weighted by Gasteiger charge is -2.20. The molecule has 2 aliphatic rings. The van der Waals surface area contributed by atoms with E-state index in [2.05, 4.69) is 18.9 Å². The van der Waals surface area contributed by atoms with Crippen LogP contribution in [0.3, 0.4) is 0 Å². The first kappa shape index (κ1) is 22.1. The Morgan fingerprint density at radius 3 is 1.45 bits per heavy atom. The minimum absolute atomic E-state index is 0.433. The molecule has 0 aliphatic carbocycles. The Morgan fingerprint density at radius 1 is 0.828 bits per heavy atom. The SMILES string of the molecule is CC(OC(=O)OC1CC(=O)NC1=O)S(=O)(=O)C(C)OC(=O)OC1CC(=O)NC1=O. The quantitative estimate of drug-likeness (QED) is 0.351. The molecular weight excluding hydrogens is 420 g/mol. The molecule has 0 aromatic carbocycles. The Labute approximate surface area is 163 Å². The summed E-state index contributed by atoms with van der Waals surface area (Å²) in [5.74, 6) is -3.11. The van der Waals surface area contributed by atoms with Crippen LogP contribution in [0.1, 0.15) is 26.7 Å². The summed E-state index contributed by atoms with van der Waals surface area (Å²) in [5, 5.41) is 3.76. The number of rotatable bonds is 6. The van der Waals surface area contributed by atoms with Crippen molar-refractivity contribution in [2.75, 3.05) is 0 Å². The number of ether oxygens (including phenoxy) is 4. The molecule has 2 rings (SSSR count). The highest BCUT2D eigenvalue weighted by Gasteiger charge is 2.39. The van der Waals surface area contributed by atoms with E-state index >= 15 is 0 Å². The fourth-order valence-electron chi connectivity index (χ4n) is 2.21. The topological polar surface area (TPSA) is 198 Å². The lowest BCUT2D eigenvalue weighted by atomic mass is 10.3. The number of amides is 4. The summed E-state index contributed by atoms with van der Waals surface area (Å²) in [6.45, 7) is 1.87. The Morgan fingerprint density at radius 2 is 1.17 bits per heavy atom. The van der Waals surface area contributed by atoms with Gasteiger partial charge in [-0.2, -0.15) is 0 Å². The Balaban J connectivity index is 1.87. The third-order valence-corrected chi connectivity index (χ3v) is 5.82. The molecule has 2 heterocycles. The van der Waals surface area contributed by atoms with Crippen molar-refractivity contribution in [2.45, 2.75) is 49.8 Å². The number of carbonyl (C=O) groups excluding carboxylic acids is 6. The van der Waals surface area contributed by atoms with Crippen LogP contribution in [0.15, 0.2) is 0 Å². The monoisotopic (exact) mass is 436 g/mol. The smallest absolute Gasteiger partial charge is 0.420 e. The molecule has 0 aromatic rings. The molecule has 0 spiro atoms. The normalized spacial score (nSPS) is 23.7. The fourth-order valence-corrected chi connectivity index (χ4v) is 3.18. The van der Waals surface area contributed by atoms with Crippen LogP contribution in [0, 0.1) is 0 Å². The van der Waals surface area contributed by atoms with Gasteiger partial charge in [-0.25, -0.2) is 18.0 Å². The van der Waals surface area contributed by atoms with Crippen molar-refractivity contribution in [1.82, 2.24) is 10.6 Å². The minimum Gasteiger partial charge on any atom is -0.420 e. The van der Waals surface area contributed by atoms with E-state index in [1.165, 1.54) is 0 Å². The van der Waals surface area contributed by atoms with Crippen LogP contribution in [0.25, 0.3) is 0 Å². The maximum Gasteiger partial charge on any atom is 0.510 e. The van der Waals surface area contributed by atoms with Gasteiger partial charge in [0.1, 0.15) is 0 Å². The van der Waals surface area contributed by atoms with E-state index in [4.69, 9.17) is 0 Å². The van der Waals surface area contributed by atoms with Crippen molar-refractivity contribution < 1.29 is 56.1 Å². The molecule has 2 saturated heterocycles.